The quantitative estimate of drug-likeness (QED) is 0.856. The molecule has 2 rings (SSSR count). The fraction of sp³-hybridized carbons (Fsp3) is 0.357. The van der Waals surface area contributed by atoms with E-state index in [2.05, 4.69) is 10.1 Å². The lowest BCUT2D eigenvalue weighted by atomic mass is 9.91. The van der Waals surface area contributed by atoms with Crippen LogP contribution in [0.4, 0.5) is 0 Å². The topological polar surface area (TPSA) is 82.0 Å². The molecule has 0 atom stereocenters. The van der Waals surface area contributed by atoms with E-state index in [0.717, 1.165) is 11.1 Å². The highest BCUT2D eigenvalue weighted by molar-refractivity contribution is 5.96. The van der Waals surface area contributed by atoms with Crippen LogP contribution in [-0.4, -0.2) is 15.9 Å². The molecule has 0 spiro atoms. The zero-order valence-electron chi connectivity index (χ0n) is 11.3. The minimum absolute atomic E-state index is 0.0467. The predicted molar refractivity (Wildman–Crippen MR) is 71.4 cm³/mol. The fourth-order valence-electron chi connectivity index (χ4n) is 1.54. The number of nitrogens with two attached hydrogens (primary N) is 1. The van der Waals surface area contributed by atoms with Crippen molar-refractivity contribution in [3.63, 3.8) is 0 Å². The molecule has 0 aliphatic rings. The molecule has 1 heterocycles. The number of rotatable bonds is 3. The minimum Gasteiger partial charge on any atom is -0.330 e. The first-order valence-corrected chi connectivity index (χ1v) is 6.09. The number of ketones is 1. The zero-order valence-corrected chi connectivity index (χ0v) is 11.3. The van der Waals surface area contributed by atoms with Crippen LogP contribution in [0.2, 0.25) is 0 Å². The molecule has 0 saturated carbocycles. The maximum Gasteiger partial charge on any atom is 0.294 e. The van der Waals surface area contributed by atoms with Gasteiger partial charge in [-0.25, -0.2) is 0 Å². The van der Waals surface area contributed by atoms with Gasteiger partial charge in [0.25, 0.3) is 5.89 Å². The lowest BCUT2D eigenvalue weighted by Gasteiger charge is -2.12. The number of hydrogen-bond acceptors (Lipinski definition) is 5. The first kappa shape index (κ1) is 13.4. The molecule has 2 N–H and O–H groups in total. The Morgan fingerprint density at radius 3 is 2.42 bits per heavy atom. The van der Waals surface area contributed by atoms with E-state index in [1.54, 1.807) is 0 Å². The molecule has 19 heavy (non-hydrogen) atoms. The van der Waals surface area contributed by atoms with Crippen molar-refractivity contribution in [2.75, 3.05) is 0 Å². The van der Waals surface area contributed by atoms with Crippen molar-refractivity contribution < 1.29 is 9.32 Å². The second kappa shape index (κ2) is 4.93. The SMILES string of the molecule is CC(C)(C)C(=O)c1nc(-c2ccc(CN)cc2)no1. The van der Waals surface area contributed by atoms with E-state index in [0.29, 0.717) is 12.4 Å². The van der Waals surface area contributed by atoms with Gasteiger partial charge in [0.1, 0.15) is 0 Å². The summed E-state index contributed by atoms with van der Waals surface area (Å²) >= 11 is 0. The van der Waals surface area contributed by atoms with Gasteiger partial charge in [-0.1, -0.05) is 50.2 Å². The molecule has 0 unspecified atom stereocenters. The van der Waals surface area contributed by atoms with E-state index in [1.165, 1.54) is 0 Å². The second-order valence-corrected chi connectivity index (χ2v) is 5.40. The highest BCUT2D eigenvalue weighted by Gasteiger charge is 2.28. The van der Waals surface area contributed by atoms with Crippen molar-refractivity contribution in [2.45, 2.75) is 27.3 Å². The summed E-state index contributed by atoms with van der Waals surface area (Å²) in [5, 5.41) is 3.84. The average molecular weight is 259 g/mol. The summed E-state index contributed by atoms with van der Waals surface area (Å²) < 4.78 is 5.03. The highest BCUT2D eigenvalue weighted by Crippen LogP contribution is 2.22. The van der Waals surface area contributed by atoms with Crippen molar-refractivity contribution in [1.82, 2.24) is 10.1 Å². The van der Waals surface area contributed by atoms with E-state index in [1.807, 2.05) is 45.0 Å². The van der Waals surface area contributed by atoms with Crippen molar-refractivity contribution in [1.29, 1.82) is 0 Å². The summed E-state index contributed by atoms with van der Waals surface area (Å²) in [4.78, 5) is 16.1. The highest BCUT2D eigenvalue weighted by atomic mass is 16.5. The monoisotopic (exact) mass is 259 g/mol. The Labute approximate surface area is 111 Å². The molecule has 1 aromatic carbocycles. The maximum absolute atomic E-state index is 12.0. The van der Waals surface area contributed by atoms with Crippen molar-refractivity contribution in [3.8, 4) is 11.4 Å². The van der Waals surface area contributed by atoms with E-state index in [9.17, 15) is 4.79 Å². The van der Waals surface area contributed by atoms with Crippen LogP contribution in [0.15, 0.2) is 28.8 Å². The van der Waals surface area contributed by atoms with Gasteiger partial charge in [-0.15, -0.1) is 0 Å². The van der Waals surface area contributed by atoms with Crippen LogP contribution in [0.5, 0.6) is 0 Å². The van der Waals surface area contributed by atoms with Gasteiger partial charge in [-0.05, 0) is 5.56 Å². The number of carbonyl (C=O) groups is 1. The van der Waals surface area contributed by atoms with Crippen molar-refractivity contribution in [2.24, 2.45) is 11.1 Å². The molecule has 1 aromatic heterocycles. The summed E-state index contributed by atoms with van der Waals surface area (Å²) in [7, 11) is 0. The molecular formula is C14H17N3O2. The van der Waals surface area contributed by atoms with Crippen LogP contribution >= 0.6 is 0 Å². The Hall–Kier alpha value is -2.01. The summed E-state index contributed by atoms with van der Waals surface area (Å²) in [5.74, 6) is 0.298. The second-order valence-electron chi connectivity index (χ2n) is 5.40. The molecule has 100 valence electrons. The molecule has 5 heteroatoms. The van der Waals surface area contributed by atoms with Crippen LogP contribution in [0.1, 0.15) is 37.0 Å². The number of Topliss-reactive ketones (excluding diaryl/α,β-unsaturated/α-hetero) is 1. The van der Waals surface area contributed by atoms with Crippen LogP contribution in [-0.2, 0) is 6.54 Å². The van der Waals surface area contributed by atoms with E-state index in [4.69, 9.17) is 10.3 Å². The first-order chi connectivity index (χ1) is 8.91. The van der Waals surface area contributed by atoms with Gasteiger partial charge in [0, 0.05) is 17.5 Å². The Kier molecular flexibility index (Phi) is 3.48. The molecule has 5 nitrogen and oxygen atoms in total. The van der Waals surface area contributed by atoms with Crippen molar-refractivity contribution >= 4 is 5.78 Å². The Balaban J connectivity index is 2.28. The molecule has 0 bridgehead atoms. The molecule has 0 aliphatic carbocycles. The number of hydrogen-bond donors (Lipinski definition) is 1. The lowest BCUT2D eigenvalue weighted by molar-refractivity contribution is 0.0811. The number of aromatic nitrogens is 2. The molecular weight excluding hydrogens is 242 g/mol. The van der Waals surface area contributed by atoms with Gasteiger partial charge in [-0.2, -0.15) is 4.98 Å². The first-order valence-electron chi connectivity index (χ1n) is 6.09. The van der Waals surface area contributed by atoms with E-state index >= 15 is 0 Å². The maximum atomic E-state index is 12.0. The normalized spacial score (nSPS) is 11.6. The van der Waals surface area contributed by atoms with Crippen molar-refractivity contribution in [3.05, 3.63) is 35.7 Å². The molecule has 2 aromatic rings. The summed E-state index contributed by atoms with van der Waals surface area (Å²) in [6, 6.07) is 7.52. The Morgan fingerprint density at radius 1 is 1.26 bits per heavy atom. The summed E-state index contributed by atoms with van der Waals surface area (Å²) in [6.07, 6.45) is 0. The summed E-state index contributed by atoms with van der Waals surface area (Å²) in [6.45, 7) is 5.93. The van der Waals surface area contributed by atoms with Gasteiger partial charge >= 0.3 is 0 Å². The van der Waals surface area contributed by atoms with Gasteiger partial charge < -0.3 is 10.3 Å². The standard InChI is InChI=1S/C14H17N3O2/c1-14(2,3)11(18)13-16-12(17-19-13)10-6-4-9(8-15)5-7-10/h4-7H,8,15H2,1-3H3. The third-order valence-electron chi connectivity index (χ3n) is 2.75. The van der Waals surface area contributed by atoms with Crippen LogP contribution in [0, 0.1) is 5.41 Å². The Morgan fingerprint density at radius 2 is 1.89 bits per heavy atom. The van der Waals surface area contributed by atoms with Gasteiger partial charge in [0.2, 0.25) is 11.6 Å². The molecule has 0 saturated heterocycles. The number of carbonyl (C=O) groups excluding carboxylic acids is 1. The molecule has 0 amide bonds. The lowest BCUT2D eigenvalue weighted by Crippen LogP contribution is -2.20. The summed E-state index contributed by atoms with van der Waals surface area (Å²) in [5.41, 5.74) is 6.83. The van der Waals surface area contributed by atoms with Crippen LogP contribution in [0.3, 0.4) is 0 Å². The van der Waals surface area contributed by atoms with Crippen LogP contribution in [0.25, 0.3) is 11.4 Å². The third kappa shape index (κ3) is 2.88. The smallest absolute Gasteiger partial charge is 0.294 e. The number of nitrogens with zero attached hydrogens (tertiary/aromatic N) is 2. The third-order valence-corrected chi connectivity index (χ3v) is 2.75. The minimum atomic E-state index is -0.535. The Bertz CT molecular complexity index is 579. The zero-order chi connectivity index (χ0) is 14.0. The van der Waals surface area contributed by atoms with Crippen LogP contribution < -0.4 is 5.73 Å². The van der Waals surface area contributed by atoms with E-state index in [-0.39, 0.29) is 11.7 Å². The predicted octanol–water partition coefficient (Wildman–Crippen LogP) is 2.42. The van der Waals surface area contributed by atoms with Gasteiger partial charge in [0.05, 0.1) is 0 Å². The average Bonchev–Trinajstić information content (AvgIpc) is 2.86. The molecule has 0 fully saturated rings. The largest absolute Gasteiger partial charge is 0.330 e. The molecule has 0 aliphatic heterocycles. The van der Waals surface area contributed by atoms with E-state index < -0.39 is 5.41 Å². The molecule has 0 radical (unpaired) electrons. The van der Waals surface area contributed by atoms with Gasteiger partial charge in [0.15, 0.2) is 0 Å². The number of benzene rings is 1. The van der Waals surface area contributed by atoms with Gasteiger partial charge in [-0.3, -0.25) is 4.79 Å². The fourth-order valence-corrected chi connectivity index (χ4v) is 1.54.